The molecule has 0 saturated carbocycles. The molecule has 3 aromatic rings. The minimum absolute atomic E-state index is 0.735. The van der Waals surface area contributed by atoms with E-state index in [-0.39, 0.29) is 0 Å². The van der Waals surface area contributed by atoms with E-state index < -0.39 is 0 Å². The standard InChI is InChI=1S/C12H12N4O/c1-2-16-11-7-8(13)3-4-9(11)14-12(16)10-5-6-17-15-10/h3-7H,2,13H2,1H3. The molecule has 0 aliphatic carbocycles. The minimum Gasteiger partial charge on any atom is -0.399 e. The fourth-order valence-corrected chi connectivity index (χ4v) is 1.98. The van der Waals surface area contributed by atoms with E-state index in [1.165, 1.54) is 0 Å². The molecule has 17 heavy (non-hydrogen) atoms. The van der Waals surface area contributed by atoms with Crippen LogP contribution >= 0.6 is 0 Å². The quantitative estimate of drug-likeness (QED) is 0.683. The fraction of sp³-hybridized carbons (Fsp3) is 0.167. The fourth-order valence-electron chi connectivity index (χ4n) is 1.98. The highest BCUT2D eigenvalue weighted by Gasteiger charge is 2.13. The van der Waals surface area contributed by atoms with E-state index >= 15 is 0 Å². The molecule has 1 aromatic carbocycles. The number of nitrogen functional groups attached to an aromatic ring is 1. The molecular weight excluding hydrogens is 216 g/mol. The molecule has 0 aliphatic rings. The number of hydrogen-bond acceptors (Lipinski definition) is 4. The van der Waals surface area contributed by atoms with Gasteiger partial charge in [-0.25, -0.2) is 4.98 Å². The first-order chi connectivity index (χ1) is 8.29. The Morgan fingerprint density at radius 2 is 2.24 bits per heavy atom. The third-order valence-corrected chi connectivity index (χ3v) is 2.76. The molecule has 2 aromatic heterocycles. The summed E-state index contributed by atoms with van der Waals surface area (Å²) in [4.78, 5) is 4.55. The number of nitrogens with zero attached hydrogens (tertiary/aromatic N) is 3. The van der Waals surface area contributed by atoms with Crippen molar-refractivity contribution in [2.45, 2.75) is 13.5 Å². The zero-order chi connectivity index (χ0) is 11.8. The summed E-state index contributed by atoms with van der Waals surface area (Å²) in [5.41, 5.74) is 9.21. The molecule has 0 spiro atoms. The number of nitrogens with two attached hydrogens (primary N) is 1. The Bertz CT molecular complexity index is 655. The van der Waals surface area contributed by atoms with Crippen molar-refractivity contribution >= 4 is 16.7 Å². The monoisotopic (exact) mass is 228 g/mol. The number of fused-ring (bicyclic) bond motifs is 1. The lowest BCUT2D eigenvalue weighted by atomic mass is 10.3. The van der Waals surface area contributed by atoms with E-state index in [4.69, 9.17) is 10.3 Å². The van der Waals surface area contributed by atoms with Gasteiger partial charge in [-0.3, -0.25) is 0 Å². The summed E-state index contributed by atoms with van der Waals surface area (Å²) >= 11 is 0. The van der Waals surface area contributed by atoms with Gasteiger partial charge in [0.15, 0.2) is 5.82 Å². The maximum atomic E-state index is 5.80. The van der Waals surface area contributed by atoms with Gasteiger partial charge in [-0.2, -0.15) is 0 Å². The molecule has 2 heterocycles. The van der Waals surface area contributed by atoms with Gasteiger partial charge in [0.05, 0.1) is 11.0 Å². The Labute approximate surface area is 97.8 Å². The molecule has 0 fully saturated rings. The molecular formula is C12H12N4O. The van der Waals surface area contributed by atoms with Crippen LogP contribution in [0.3, 0.4) is 0 Å². The third kappa shape index (κ3) is 1.47. The second kappa shape index (κ2) is 3.62. The number of aromatic nitrogens is 3. The summed E-state index contributed by atoms with van der Waals surface area (Å²) in [6.45, 7) is 2.87. The van der Waals surface area contributed by atoms with Crippen LogP contribution in [-0.4, -0.2) is 14.7 Å². The predicted molar refractivity (Wildman–Crippen MR) is 65.3 cm³/mol. The average molecular weight is 228 g/mol. The molecule has 0 atom stereocenters. The van der Waals surface area contributed by atoms with E-state index in [9.17, 15) is 0 Å². The molecule has 0 bridgehead atoms. The molecule has 0 radical (unpaired) electrons. The van der Waals surface area contributed by atoms with Crippen LogP contribution in [0.4, 0.5) is 5.69 Å². The van der Waals surface area contributed by atoms with Gasteiger partial charge in [-0.05, 0) is 25.1 Å². The highest BCUT2D eigenvalue weighted by Crippen LogP contribution is 2.24. The maximum absolute atomic E-state index is 5.80. The summed E-state index contributed by atoms with van der Waals surface area (Å²) in [6.07, 6.45) is 1.54. The number of benzene rings is 1. The SMILES string of the molecule is CCn1c(-c2ccon2)nc2ccc(N)cc21. The summed E-state index contributed by atoms with van der Waals surface area (Å²) in [6, 6.07) is 7.49. The lowest BCUT2D eigenvalue weighted by Gasteiger charge is -2.03. The summed E-state index contributed by atoms with van der Waals surface area (Å²) < 4.78 is 6.93. The van der Waals surface area contributed by atoms with Crippen molar-refractivity contribution in [3.8, 4) is 11.5 Å². The summed E-state index contributed by atoms with van der Waals surface area (Å²) in [7, 11) is 0. The molecule has 0 unspecified atom stereocenters. The van der Waals surface area contributed by atoms with Crippen molar-refractivity contribution in [3.63, 3.8) is 0 Å². The second-order valence-electron chi connectivity index (χ2n) is 3.81. The number of anilines is 1. The van der Waals surface area contributed by atoms with Crippen molar-refractivity contribution in [3.05, 3.63) is 30.5 Å². The molecule has 2 N–H and O–H groups in total. The van der Waals surface area contributed by atoms with Gasteiger partial charge in [0.25, 0.3) is 0 Å². The number of rotatable bonds is 2. The number of hydrogen-bond donors (Lipinski definition) is 1. The molecule has 0 amide bonds. The zero-order valence-electron chi connectivity index (χ0n) is 9.42. The van der Waals surface area contributed by atoms with Gasteiger partial charge in [0, 0.05) is 18.3 Å². The van der Waals surface area contributed by atoms with Crippen molar-refractivity contribution in [1.82, 2.24) is 14.7 Å². The number of imidazole rings is 1. The molecule has 86 valence electrons. The highest BCUT2D eigenvalue weighted by atomic mass is 16.5. The van der Waals surface area contributed by atoms with Gasteiger partial charge >= 0.3 is 0 Å². The molecule has 0 aliphatic heterocycles. The van der Waals surface area contributed by atoms with E-state index in [0.717, 1.165) is 34.8 Å². The van der Waals surface area contributed by atoms with Crippen molar-refractivity contribution in [1.29, 1.82) is 0 Å². The van der Waals surface area contributed by atoms with Crippen molar-refractivity contribution in [2.75, 3.05) is 5.73 Å². The first-order valence-electron chi connectivity index (χ1n) is 5.46. The van der Waals surface area contributed by atoms with Crippen LogP contribution in [0.15, 0.2) is 35.1 Å². The van der Waals surface area contributed by atoms with E-state index in [1.807, 2.05) is 18.2 Å². The highest BCUT2D eigenvalue weighted by molar-refractivity contribution is 5.82. The van der Waals surface area contributed by atoms with Crippen molar-refractivity contribution in [2.24, 2.45) is 0 Å². The van der Waals surface area contributed by atoms with Crippen molar-refractivity contribution < 1.29 is 4.52 Å². The average Bonchev–Trinajstić information content (AvgIpc) is 2.94. The van der Waals surface area contributed by atoms with Gasteiger partial charge < -0.3 is 14.8 Å². The first kappa shape index (κ1) is 9.89. The Morgan fingerprint density at radius 3 is 2.94 bits per heavy atom. The van der Waals surface area contributed by atoms with E-state index in [1.54, 1.807) is 12.3 Å². The van der Waals surface area contributed by atoms with Gasteiger partial charge in [0.1, 0.15) is 12.0 Å². The Balaban J connectivity index is 2.32. The summed E-state index contributed by atoms with van der Waals surface area (Å²) in [5, 5.41) is 3.92. The predicted octanol–water partition coefficient (Wildman–Crippen LogP) is 2.29. The van der Waals surface area contributed by atoms with Crippen LogP contribution in [-0.2, 0) is 6.54 Å². The molecule has 3 rings (SSSR count). The lowest BCUT2D eigenvalue weighted by Crippen LogP contribution is -1.97. The van der Waals surface area contributed by atoms with Crippen LogP contribution in [0, 0.1) is 0 Å². The van der Waals surface area contributed by atoms with Crippen LogP contribution in [0.25, 0.3) is 22.6 Å². The molecule has 0 saturated heterocycles. The van der Waals surface area contributed by atoms with E-state index in [2.05, 4.69) is 21.6 Å². The van der Waals surface area contributed by atoms with Gasteiger partial charge in [0.2, 0.25) is 0 Å². The summed E-state index contributed by atoms with van der Waals surface area (Å²) in [5.74, 6) is 0.807. The molecule has 5 heteroatoms. The van der Waals surface area contributed by atoms with E-state index in [0.29, 0.717) is 0 Å². The van der Waals surface area contributed by atoms with Crippen LogP contribution in [0.2, 0.25) is 0 Å². The van der Waals surface area contributed by atoms with Crippen LogP contribution in [0.1, 0.15) is 6.92 Å². The lowest BCUT2D eigenvalue weighted by molar-refractivity contribution is 0.421. The van der Waals surface area contributed by atoms with Gasteiger partial charge in [-0.15, -0.1) is 0 Å². The Morgan fingerprint density at radius 1 is 1.35 bits per heavy atom. The largest absolute Gasteiger partial charge is 0.399 e. The maximum Gasteiger partial charge on any atom is 0.163 e. The number of aryl methyl sites for hydroxylation is 1. The molecule has 5 nitrogen and oxygen atoms in total. The second-order valence-corrected chi connectivity index (χ2v) is 3.81. The Kier molecular flexibility index (Phi) is 2.11. The smallest absolute Gasteiger partial charge is 0.163 e. The van der Waals surface area contributed by atoms with Crippen LogP contribution < -0.4 is 5.73 Å². The third-order valence-electron chi connectivity index (χ3n) is 2.76. The van der Waals surface area contributed by atoms with Gasteiger partial charge in [-0.1, -0.05) is 5.16 Å². The Hall–Kier alpha value is -2.30. The van der Waals surface area contributed by atoms with Crippen LogP contribution in [0.5, 0.6) is 0 Å². The topological polar surface area (TPSA) is 69.9 Å². The normalized spacial score (nSPS) is 11.1. The minimum atomic E-state index is 0.735. The first-order valence-corrected chi connectivity index (χ1v) is 5.46. The zero-order valence-corrected chi connectivity index (χ0v) is 9.42.